The number of halogens is 3. The molecule has 0 aliphatic heterocycles. The van der Waals surface area contributed by atoms with E-state index in [0.29, 0.717) is 0 Å². The van der Waals surface area contributed by atoms with E-state index in [1.54, 1.807) is 6.07 Å². The molecule has 0 aliphatic rings. The van der Waals surface area contributed by atoms with E-state index in [-0.39, 0.29) is 5.56 Å². The average molecular weight is 246 g/mol. The highest BCUT2D eigenvalue weighted by atomic mass is 19.4. The molecule has 17 heavy (non-hydrogen) atoms. The highest BCUT2D eigenvalue weighted by Crippen LogP contribution is 2.22. The number of hydrogen-bond acceptors (Lipinski definition) is 3. The first-order valence-electron chi connectivity index (χ1n) is 4.52. The van der Waals surface area contributed by atoms with Crippen LogP contribution in [0.2, 0.25) is 0 Å². The Hall–Kier alpha value is -2.05. The van der Waals surface area contributed by atoms with Gasteiger partial charge in [0.05, 0.1) is 0 Å². The largest absolute Gasteiger partial charge is 0.437 e. The summed E-state index contributed by atoms with van der Waals surface area (Å²) in [5.74, 6) is -0.900. The summed E-state index contributed by atoms with van der Waals surface area (Å²) in [6.45, 7) is -0.702. The van der Waals surface area contributed by atoms with Crippen molar-refractivity contribution in [1.82, 2.24) is 0 Å². The van der Waals surface area contributed by atoms with Gasteiger partial charge in [-0.1, -0.05) is 35.5 Å². The molecule has 1 aromatic carbocycles. The van der Waals surface area contributed by atoms with Crippen molar-refractivity contribution >= 4 is 11.6 Å². The summed E-state index contributed by atoms with van der Waals surface area (Å²) in [6, 6.07) is 6.91. The van der Waals surface area contributed by atoms with Crippen molar-refractivity contribution in [3.05, 3.63) is 35.9 Å². The Morgan fingerprint density at radius 2 is 1.88 bits per heavy atom. The standard InChI is InChI=1S/C10H9F3N2O2/c11-10(12,13)9(15-17-6-8(14)16)7-4-2-1-3-5-7/h1-5H,6H2,(H2,14,16). The molecule has 0 fully saturated rings. The Labute approximate surface area is 94.9 Å². The summed E-state index contributed by atoms with van der Waals surface area (Å²) in [6.07, 6.45) is -4.67. The predicted molar refractivity (Wildman–Crippen MR) is 54.2 cm³/mol. The van der Waals surface area contributed by atoms with Crippen LogP contribution in [0.15, 0.2) is 35.5 Å². The molecular formula is C10H9F3N2O2. The molecule has 1 amide bonds. The van der Waals surface area contributed by atoms with Crippen molar-refractivity contribution in [2.45, 2.75) is 6.18 Å². The third-order valence-corrected chi connectivity index (χ3v) is 1.68. The maximum Gasteiger partial charge on any atom is 0.437 e. The van der Waals surface area contributed by atoms with Crippen molar-refractivity contribution in [2.24, 2.45) is 10.9 Å². The van der Waals surface area contributed by atoms with Crippen molar-refractivity contribution in [2.75, 3.05) is 6.61 Å². The molecule has 1 aromatic rings. The van der Waals surface area contributed by atoms with Crippen LogP contribution in [0.25, 0.3) is 0 Å². The van der Waals surface area contributed by atoms with Gasteiger partial charge in [-0.3, -0.25) is 4.79 Å². The molecule has 0 bridgehead atoms. The van der Waals surface area contributed by atoms with E-state index in [2.05, 4.69) is 9.99 Å². The first-order chi connectivity index (χ1) is 7.91. The summed E-state index contributed by atoms with van der Waals surface area (Å²) < 4.78 is 37.8. The van der Waals surface area contributed by atoms with Crippen LogP contribution in [0.1, 0.15) is 5.56 Å². The van der Waals surface area contributed by atoms with Gasteiger partial charge in [-0.15, -0.1) is 0 Å². The van der Waals surface area contributed by atoms with Crippen LogP contribution >= 0.6 is 0 Å². The van der Waals surface area contributed by atoms with Crippen LogP contribution in [0.4, 0.5) is 13.2 Å². The molecule has 7 heteroatoms. The third-order valence-electron chi connectivity index (χ3n) is 1.68. The second-order valence-electron chi connectivity index (χ2n) is 3.04. The molecule has 2 N–H and O–H groups in total. The van der Waals surface area contributed by atoms with E-state index in [1.165, 1.54) is 24.3 Å². The summed E-state index contributed by atoms with van der Waals surface area (Å²) in [4.78, 5) is 14.5. The smallest absolute Gasteiger partial charge is 0.385 e. The van der Waals surface area contributed by atoms with Crippen LogP contribution in [0, 0.1) is 0 Å². The van der Waals surface area contributed by atoms with E-state index in [0.717, 1.165) is 0 Å². The first-order valence-corrected chi connectivity index (χ1v) is 4.52. The number of nitrogens with two attached hydrogens (primary N) is 1. The predicted octanol–water partition coefficient (Wildman–Crippen LogP) is 1.45. The lowest BCUT2D eigenvalue weighted by Gasteiger charge is -2.09. The summed E-state index contributed by atoms with van der Waals surface area (Å²) in [5, 5.41) is 2.90. The van der Waals surface area contributed by atoms with E-state index < -0.39 is 24.4 Å². The van der Waals surface area contributed by atoms with Gasteiger partial charge >= 0.3 is 6.18 Å². The summed E-state index contributed by atoms with van der Waals surface area (Å²) >= 11 is 0. The fourth-order valence-electron chi connectivity index (χ4n) is 1.02. The fourth-order valence-corrected chi connectivity index (χ4v) is 1.02. The number of hydrogen-bond donors (Lipinski definition) is 1. The Bertz CT molecular complexity index is 415. The zero-order chi connectivity index (χ0) is 12.9. The molecule has 0 aliphatic carbocycles. The van der Waals surface area contributed by atoms with E-state index in [1.807, 2.05) is 0 Å². The average Bonchev–Trinajstić information content (AvgIpc) is 2.23. The number of nitrogens with zero attached hydrogens (tertiary/aromatic N) is 1. The highest BCUT2D eigenvalue weighted by molar-refractivity contribution is 6.04. The number of carbonyl (C=O) groups is 1. The molecule has 92 valence electrons. The minimum absolute atomic E-state index is 0.149. The van der Waals surface area contributed by atoms with E-state index in [4.69, 9.17) is 5.73 Å². The second kappa shape index (κ2) is 5.33. The number of carbonyl (C=O) groups excluding carboxylic acids is 1. The van der Waals surface area contributed by atoms with Gasteiger partial charge in [0.25, 0.3) is 5.91 Å². The number of rotatable bonds is 4. The normalized spacial score (nSPS) is 12.3. The Morgan fingerprint density at radius 1 is 1.29 bits per heavy atom. The zero-order valence-electron chi connectivity index (χ0n) is 8.57. The number of amides is 1. The van der Waals surface area contributed by atoms with Crippen LogP contribution in [0.3, 0.4) is 0 Å². The molecule has 0 aromatic heterocycles. The molecule has 0 saturated heterocycles. The van der Waals surface area contributed by atoms with Crippen molar-refractivity contribution in [1.29, 1.82) is 0 Å². The van der Waals surface area contributed by atoms with E-state index >= 15 is 0 Å². The summed E-state index contributed by atoms with van der Waals surface area (Å²) in [5.41, 5.74) is 3.35. The van der Waals surface area contributed by atoms with Gasteiger partial charge < -0.3 is 10.6 Å². The van der Waals surface area contributed by atoms with Crippen molar-refractivity contribution < 1.29 is 22.8 Å². The van der Waals surface area contributed by atoms with Gasteiger partial charge in [-0.05, 0) is 0 Å². The molecule has 0 radical (unpaired) electrons. The number of oxime groups is 1. The molecular weight excluding hydrogens is 237 g/mol. The number of primary amides is 1. The van der Waals surface area contributed by atoms with Crippen LogP contribution < -0.4 is 5.73 Å². The molecule has 0 atom stereocenters. The van der Waals surface area contributed by atoms with Crippen LogP contribution in [-0.2, 0) is 9.63 Å². The third kappa shape index (κ3) is 4.13. The van der Waals surface area contributed by atoms with Crippen LogP contribution in [-0.4, -0.2) is 24.4 Å². The Kier molecular flexibility index (Phi) is 4.08. The molecule has 1 rings (SSSR count). The number of benzene rings is 1. The summed E-state index contributed by atoms with van der Waals surface area (Å²) in [7, 11) is 0. The monoisotopic (exact) mass is 246 g/mol. The van der Waals surface area contributed by atoms with Crippen molar-refractivity contribution in [3.8, 4) is 0 Å². The van der Waals surface area contributed by atoms with Gasteiger partial charge in [-0.25, -0.2) is 0 Å². The quantitative estimate of drug-likeness (QED) is 0.645. The van der Waals surface area contributed by atoms with E-state index in [9.17, 15) is 18.0 Å². The molecule has 0 heterocycles. The van der Waals surface area contributed by atoms with Crippen LogP contribution in [0.5, 0.6) is 0 Å². The molecule has 0 unspecified atom stereocenters. The first kappa shape index (κ1) is 13.0. The lowest BCUT2D eigenvalue weighted by atomic mass is 10.1. The minimum atomic E-state index is -4.67. The van der Waals surface area contributed by atoms with Gasteiger partial charge in [-0.2, -0.15) is 13.2 Å². The second-order valence-corrected chi connectivity index (χ2v) is 3.04. The molecule has 0 saturated carbocycles. The fraction of sp³-hybridized carbons (Fsp3) is 0.200. The minimum Gasteiger partial charge on any atom is -0.385 e. The van der Waals surface area contributed by atoms with Gasteiger partial charge in [0, 0.05) is 5.56 Å². The SMILES string of the molecule is NC(=O)CON=C(c1ccccc1)C(F)(F)F. The number of alkyl halides is 3. The Balaban J connectivity index is 2.93. The van der Waals surface area contributed by atoms with Gasteiger partial charge in [0.15, 0.2) is 12.3 Å². The van der Waals surface area contributed by atoms with Gasteiger partial charge in [0.2, 0.25) is 0 Å². The molecule has 4 nitrogen and oxygen atoms in total. The Morgan fingerprint density at radius 3 is 2.35 bits per heavy atom. The molecule has 0 spiro atoms. The van der Waals surface area contributed by atoms with Gasteiger partial charge in [0.1, 0.15) is 0 Å². The maximum absolute atomic E-state index is 12.6. The zero-order valence-corrected chi connectivity index (χ0v) is 8.57. The lowest BCUT2D eigenvalue weighted by molar-refractivity contribution is -0.122. The maximum atomic E-state index is 12.6. The van der Waals surface area contributed by atoms with Crippen molar-refractivity contribution in [3.63, 3.8) is 0 Å². The highest BCUT2D eigenvalue weighted by Gasteiger charge is 2.37. The topological polar surface area (TPSA) is 64.7 Å². The lowest BCUT2D eigenvalue weighted by Crippen LogP contribution is -2.25.